The number of halogens is 1. The molecule has 0 saturated heterocycles. The Labute approximate surface area is 167 Å². The van der Waals surface area contributed by atoms with Gasteiger partial charge >= 0.3 is 0 Å². The van der Waals surface area contributed by atoms with Gasteiger partial charge in [0.15, 0.2) is 0 Å². The van der Waals surface area contributed by atoms with Gasteiger partial charge in [0.05, 0.1) is 11.7 Å². The Kier molecular flexibility index (Phi) is 6.65. The lowest BCUT2D eigenvalue weighted by atomic mass is 10.0. The number of unbranched alkanes of at least 4 members (excludes halogenated alkanes) is 4. The van der Waals surface area contributed by atoms with Gasteiger partial charge < -0.3 is 0 Å². The molecule has 0 aliphatic heterocycles. The van der Waals surface area contributed by atoms with Crippen molar-refractivity contribution in [1.82, 2.24) is 9.55 Å². The van der Waals surface area contributed by atoms with Gasteiger partial charge in [-0.1, -0.05) is 67.6 Å². The smallest absolute Gasteiger partial charge is 0.262 e. The zero-order valence-corrected chi connectivity index (χ0v) is 17.8. The molecule has 0 unspecified atom stereocenters. The van der Waals surface area contributed by atoms with Crippen molar-refractivity contribution in [3.63, 3.8) is 0 Å². The van der Waals surface area contributed by atoms with Gasteiger partial charge in [-0.2, -0.15) is 0 Å². The molecule has 1 aromatic carbocycles. The Balaban J connectivity index is 1.99. The highest BCUT2D eigenvalue weighted by molar-refractivity contribution is 9.10. The number of hydrogen-bond acceptors (Lipinski definition) is 3. The number of thiophene rings is 1. The lowest BCUT2D eigenvalue weighted by Crippen LogP contribution is -2.20. The van der Waals surface area contributed by atoms with E-state index in [2.05, 4.69) is 46.9 Å². The van der Waals surface area contributed by atoms with E-state index in [1.165, 1.54) is 30.6 Å². The van der Waals surface area contributed by atoms with E-state index in [0.717, 1.165) is 45.2 Å². The summed E-state index contributed by atoms with van der Waals surface area (Å²) in [6.45, 7) is 5.11. The maximum Gasteiger partial charge on any atom is 0.262 e. The van der Waals surface area contributed by atoms with Crippen LogP contribution in [0.25, 0.3) is 21.3 Å². The molecule has 0 aliphatic carbocycles. The average Bonchev–Trinajstić information content (AvgIpc) is 3.03. The minimum absolute atomic E-state index is 0.0966. The van der Waals surface area contributed by atoms with Gasteiger partial charge in [-0.05, 0) is 30.5 Å². The SMILES string of the molecule is CCCCCCCn1cnc2sc(CC)c(-c3ccc(Br)cc3)c2c1=O. The van der Waals surface area contributed by atoms with Crippen LogP contribution in [0.3, 0.4) is 0 Å². The molecule has 0 radical (unpaired) electrons. The van der Waals surface area contributed by atoms with E-state index in [0.29, 0.717) is 0 Å². The highest BCUT2D eigenvalue weighted by Gasteiger charge is 2.18. The topological polar surface area (TPSA) is 34.9 Å². The first-order valence-electron chi connectivity index (χ1n) is 9.42. The van der Waals surface area contributed by atoms with Crippen LogP contribution in [-0.2, 0) is 13.0 Å². The van der Waals surface area contributed by atoms with E-state index in [4.69, 9.17) is 0 Å². The van der Waals surface area contributed by atoms with Gasteiger partial charge in [0.25, 0.3) is 5.56 Å². The zero-order valence-electron chi connectivity index (χ0n) is 15.4. The van der Waals surface area contributed by atoms with Crippen molar-refractivity contribution in [1.29, 1.82) is 0 Å². The monoisotopic (exact) mass is 432 g/mol. The summed E-state index contributed by atoms with van der Waals surface area (Å²) in [6.07, 6.45) is 8.58. The third kappa shape index (κ3) is 4.09. The molecule has 26 heavy (non-hydrogen) atoms. The van der Waals surface area contributed by atoms with Gasteiger partial charge in [0, 0.05) is 21.5 Å². The second-order valence-corrected chi connectivity index (χ2v) is 8.60. The summed E-state index contributed by atoms with van der Waals surface area (Å²) in [7, 11) is 0. The largest absolute Gasteiger partial charge is 0.299 e. The minimum atomic E-state index is 0.0966. The Hall–Kier alpha value is -1.46. The molecule has 2 aromatic heterocycles. The minimum Gasteiger partial charge on any atom is -0.299 e. The highest BCUT2D eigenvalue weighted by Crippen LogP contribution is 2.36. The lowest BCUT2D eigenvalue weighted by molar-refractivity contribution is 0.556. The van der Waals surface area contributed by atoms with Crippen LogP contribution >= 0.6 is 27.3 Å². The molecule has 2 heterocycles. The summed E-state index contributed by atoms with van der Waals surface area (Å²) in [4.78, 5) is 19.8. The van der Waals surface area contributed by atoms with Gasteiger partial charge in [0.2, 0.25) is 0 Å². The Bertz CT molecular complexity index is 928. The average molecular weight is 433 g/mol. The molecular weight excluding hydrogens is 408 g/mol. The summed E-state index contributed by atoms with van der Waals surface area (Å²) < 4.78 is 2.84. The van der Waals surface area contributed by atoms with Crippen LogP contribution in [0.15, 0.2) is 39.9 Å². The first-order chi connectivity index (χ1) is 12.7. The number of aromatic nitrogens is 2. The molecule has 0 spiro atoms. The zero-order chi connectivity index (χ0) is 18.5. The normalized spacial score (nSPS) is 11.3. The van der Waals surface area contributed by atoms with Crippen molar-refractivity contribution >= 4 is 37.5 Å². The summed E-state index contributed by atoms with van der Waals surface area (Å²) in [5, 5.41) is 0.783. The van der Waals surface area contributed by atoms with Gasteiger partial charge in [-0.3, -0.25) is 9.36 Å². The molecule has 3 rings (SSSR count). The molecule has 138 valence electrons. The van der Waals surface area contributed by atoms with Gasteiger partial charge in [-0.25, -0.2) is 4.98 Å². The number of aryl methyl sites for hydroxylation is 2. The van der Waals surface area contributed by atoms with E-state index in [1.54, 1.807) is 22.2 Å². The predicted molar refractivity (Wildman–Crippen MR) is 115 cm³/mol. The third-order valence-corrected chi connectivity index (χ3v) is 6.48. The van der Waals surface area contributed by atoms with Crippen LogP contribution < -0.4 is 5.56 Å². The molecular formula is C21H25BrN2OS. The van der Waals surface area contributed by atoms with Crippen LogP contribution in [-0.4, -0.2) is 9.55 Å². The summed E-state index contributed by atoms with van der Waals surface area (Å²) in [5.41, 5.74) is 2.26. The van der Waals surface area contributed by atoms with Crippen molar-refractivity contribution in [2.24, 2.45) is 0 Å². The van der Waals surface area contributed by atoms with Crippen molar-refractivity contribution in [2.45, 2.75) is 58.9 Å². The van der Waals surface area contributed by atoms with Crippen LogP contribution in [0.4, 0.5) is 0 Å². The molecule has 0 bridgehead atoms. The van der Waals surface area contributed by atoms with Crippen LogP contribution in [0.5, 0.6) is 0 Å². The third-order valence-electron chi connectivity index (χ3n) is 4.71. The van der Waals surface area contributed by atoms with Crippen molar-refractivity contribution in [3.8, 4) is 11.1 Å². The van der Waals surface area contributed by atoms with Crippen LogP contribution in [0.2, 0.25) is 0 Å². The maximum atomic E-state index is 13.2. The van der Waals surface area contributed by atoms with Gasteiger partial charge in [-0.15, -0.1) is 11.3 Å². The van der Waals surface area contributed by atoms with Gasteiger partial charge in [0.1, 0.15) is 4.83 Å². The Morgan fingerprint density at radius 3 is 2.50 bits per heavy atom. The lowest BCUT2D eigenvalue weighted by Gasteiger charge is -2.07. The van der Waals surface area contributed by atoms with Crippen molar-refractivity contribution in [2.75, 3.05) is 0 Å². The predicted octanol–water partition coefficient (Wildman–Crippen LogP) is 6.42. The Morgan fingerprint density at radius 2 is 1.81 bits per heavy atom. The molecule has 0 N–H and O–H groups in total. The summed E-state index contributed by atoms with van der Waals surface area (Å²) >= 11 is 5.14. The van der Waals surface area contributed by atoms with E-state index < -0.39 is 0 Å². The highest BCUT2D eigenvalue weighted by atomic mass is 79.9. The second-order valence-electron chi connectivity index (χ2n) is 6.60. The number of hydrogen-bond donors (Lipinski definition) is 0. The summed E-state index contributed by atoms with van der Waals surface area (Å²) in [6, 6.07) is 8.21. The maximum absolute atomic E-state index is 13.2. The van der Waals surface area contributed by atoms with E-state index >= 15 is 0 Å². The van der Waals surface area contributed by atoms with E-state index in [-0.39, 0.29) is 5.56 Å². The first kappa shape index (κ1) is 19.3. The Morgan fingerprint density at radius 1 is 1.08 bits per heavy atom. The fourth-order valence-corrected chi connectivity index (χ4v) is 4.64. The quantitative estimate of drug-likeness (QED) is 0.384. The summed E-state index contributed by atoms with van der Waals surface area (Å²) in [5.74, 6) is 0. The second kappa shape index (κ2) is 8.96. The number of rotatable bonds is 8. The van der Waals surface area contributed by atoms with E-state index in [1.807, 2.05) is 12.1 Å². The first-order valence-corrected chi connectivity index (χ1v) is 11.0. The van der Waals surface area contributed by atoms with Crippen LogP contribution in [0.1, 0.15) is 50.8 Å². The fourth-order valence-electron chi connectivity index (χ4n) is 3.29. The van der Waals surface area contributed by atoms with E-state index in [9.17, 15) is 4.79 Å². The van der Waals surface area contributed by atoms with Crippen LogP contribution in [0, 0.1) is 0 Å². The number of fused-ring (bicyclic) bond motifs is 1. The van der Waals surface area contributed by atoms with Crippen molar-refractivity contribution < 1.29 is 0 Å². The van der Waals surface area contributed by atoms with Crippen molar-refractivity contribution in [3.05, 3.63) is 50.3 Å². The molecule has 5 heteroatoms. The molecule has 0 atom stereocenters. The molecule has 0 amide bonds. The standard InChI is InChI=1S/C21H25BrN2OS/c1-3-5-6-7-8-13-24-14-23-20-19(21(24)25)18(17(4-2)26-20)15-9-11-16(22)12-10-15/h9-12,14H,3-8,13H2,1-2H3. The molecule has 3 aromatic rings. The molecule has 0 aliphatic rings. The molecule has 3 nitrogen and oxygen atoms in total. The molecule has 0 saturated carbocycles. The number of benzene rings is 1. The fraction of sp³-hybridized carbons (Fsp3) is 0.429. The molecule has 0 fully saturated rings. The number of nitrogens with zero attached hydrogens (tertiary/aromatic N) is 2.